The maximum atomic E-state index is 12.4. The van der Waals surface area contributed by atoms with Crippen molar-refractivity contribution in [2.45, 2.75) is 31.8 Å². The largest absolute Gasteiger partial charge is 0.353 e. The molecule has 134 valence electrons. The van der Waals surface area contributed by atoms with Gasteiger partial charge in [-0.1, -0.05) is 30.3 Å². The van der Waals surface area contributed by atoms with E-state index in [0.29, 0.717) is 6.42 Å². The zero-order chi connectivity index (χ0) is 18.2. The smallest absolute Gasteiger partial charge is 0.242 e. The van der Waals surface area contributed by atoms with Crippen LogP contribution >= 0.6 is 0 Å². The Morgan fingerprint density at radius 1 is 0.880 bits per heavy atom. The van der Waals surface area contributed by atoms with Crippen LogP contribution in [0.5, 0.6) is 0 Å². The molecule has 4 N–H and O–H groups in total. The number of amides is 4. The Morgan fingerprint density at radius 2 is 1.48 bits per heavy atom. The number of carbonyl (C=O) groups excluding carboxylic acids is 4. The summed E-state index contributed by atoms with van der Waals surface area (Å²) in [7, 11) is 0. The summed E-state index contributed by atoms with van der Waals surface area (Å²) in [6.45, 7) is 1.99. The van der Waals surface area contributed by atoms with Crippen LogP contribution in [-0.4, -0.2) is 48.8 Å². The van der Waals surface area contributed by atoms with Crippen molar-refractivity contribution in [3.05, 3.63) is 35.9 Å². The molecule has 1 aromatic rings. The summed E-state index contributed by atoms with van der Waals surface area (Å²) in [5, 5.41) is 10.3. The molecule has 1 aliphatic heterocycles. The molecule has 0 unspecified atom stereocenters. The molecular weight excluding hydrogens is 324 g/mol. The summed E-state index contributed by atoms with van der Waals surface area (Å²) in [5.74, 6) is -1.87. The van der Waals surface area contributed by atoms with Gasteiger partial charge in [0.1, 0.15) is 18.5 Å². The predicted molar refractivity (Wildman–Crippen MR) is 90.3 cm³/mol. The first-order valence-electron chi connectivity index (χ1n) is 8.14. The average molecular weight is 346 g/mol. The van der Waals surface area contributed by atoms with Gasteiger partial charge in [0, 0.05) is 19.5 Å². The maximum Gasteiger partial charge on any atom is 0.242 e. The van der Waals surface area contributed by atoms with Gasteiger partial charge in [-0.05, 0) is 12.5 Å². The van der Waals surface area contributed by atoms with Crippen molar-refractivity contribution < 1.29 is 19.2 Å². The maximum absolute atomic E-state index is 12.4. The van der Waals surface area contributed by atoms with Crippen molar-refractivity contribution >= 4 is 23.6 Å². The van der Waals surface area contributed by atoms with Crippen LogP contribution in [0.3, 0.4) is 0 Å². The number of hydrogen-bond acceptors (Lipinski definition) is 4. The lowest BCUT2D eigenvalue weighted by Gasteiger charge is -2.18. The molecule has 1 aliphatic rings. The van der Waals surface area contributed by atoms with Gasteiger partial charge >= 0.3 is 0 Å². The molecule has 1 saturated heterocycles. The highest BCUT2D eigenvalue weighted by Gasteiger charge is 2.24. The Kier molecular flexibility index (Phi) is 6.50. The number of benzene rings is 1. The fourth-order valence-corrected chi connectivity index (χ4v) is 2.46. The average Bonchev–Trinajstić information content (AvgIpc) is 2.58. The Balaban J connectivity index is 2.11. The number of hydrogen-bond donors (Lipinski definition) is 4. The second kappa shape index (κ2) is 8.81. The van der Waals surface area contributed by atoms with Gasteiger partial charge in [-0.2, -0.15) is 0 Å². The van der Waals surface area contributed by atoms with E-state index < -0.39 is 30.3 Å². The van der Waals surface area contributed by atoms with Crippen LogP contribution in [0, 0.1) is 0 Å². The van der Waals surface area contributed by atoms with E-state index in [9.17, 15) is 19.2 Å². The van der Waals surface area contributed by atoms with Gasteiger partial charge in [0.25, 0.3) is 0 Å². The summed E-state index contributed by atoms with van der Waals surface area (Å²) in [6, 6.07) is 7.72. The lowest BCUT2D eigenvalue weighted by molar-refractivity contribution is -0.134. The molecule has 1 heterocycles. The van der Waals surface area contributed by atoms with E-state index in [1.165, 1.54) is 6.92 Å². The highest BCUT2D eigenvalue weighted by atomic mass is 16.2. The van der Waals surface area contributed by atoms with E-state index in [1.807, 2.05) is 30.3 Å². The van der Waals surface area contributed by atoms with Crippen LogP contribution in [0.15, 0.2) is 30.3 Å². The lowest BCUT2D eigenvalue weighted by atomic mass is 10.0. The molecule has 2 rings (SSSR count). The highest BCUT2D eigenvalue weighted by Crippen LogP contribution is 2.04. The molecule has 2 atom stereocenters. The highest BCUT2D eigenvalue weighted by molar-refractivity contribution is 6.00. The van der Waals surface area contributed by atoms with Crippen LogP contribution in [0.4, 0.5) is 0 Å². The molecule has 0 radical (unpaired) electrons. The van der Waals surface area contributed by atoms with Gasteiger partial charge in [-0.3, -0.25) is 19.2 Å². The molecule has 0 aliphatic carbocycles. The summed E-state index contributed by atoms with van der Waals surface area (Å²) < 4.78 is 0. The SMILES string of the molecule is C[C@@H]1NC(=O)CC(=O)N[C@H](Cc2ccccc2)C(=O)NCCNC1=O. The number of carbonyl (C=O) groups is 4. The second-order valence-corrected chi connectivity index (χ2v) is 5.86. The first-order chi connectivity index (χ1) is 12.0. The summed E-state index contributed by atoms with van der Waals surface area (Å²) in [6.07, 6.45) is -0.140. The molecule has 0 saturated carbocycles. The van der Waals surface area contributed by atoms with E-state index in [4.69, 9.17) is 0 Å². The molecule has 0 bridgehead atoms. The first kappa shape index (κ1) is 18.4. The fraction of sp³-hybridized carbons (Fsp3) is 0.412. The van der Waals surface area contributed by atoms with E-state index in [1.54, 1.807) is 0 Å². The number of nitrogens with one attached hydrogen (secondary N) is 4. The molecule has 0 aromatic heterocycles. The molecule has 1 fully saturated rings. The zero-order valence-electron chi connectivity index (χ0n) is 14.0. The Hall–Kier alpha value is -2.90. The van der Waals surface area contributed by atoms with Crippen molar-refractivity contribution in [1.29, 1.82) is 0 Å². The first-order valence-corrected chi connectivity index (χ1v) is 8.14. The van der Waals surface area contributed by atoms with E-state index in [-0.39, 0.29) is 24.9 Å². The van der Waals surface area contributed by atoms with Crippen molar-refractivity contribution in [2.75, 3.05) is 13.1 Å². The van der Waals surface area contributed by atoms with Crippen molar-refractivity contribution in [3.8, 4) is 0 Å². The van der Waals surface area contributed by atoms with Crippen LogP contribution in [-0.2, 0) is 25.6 Å². The normalized spacial score (nSPS) is 23.1. The molecule has 8 heteroatoms. The topological polar surface area (TPSA) is 116 Å². The third-order valence-electron chi connectivity index (χ3n) is 3.75. The zero-order valence-corrected chi connectivity index (χ0v) is 14.0. The predicted octanol–water partition coefficient (Wildman–Crippen LogP) is -1.15. The van der Waals surface area contributed by atoms with E-state index in [2.05, 4.69) is 21.3 Å². The van der Waals surface area contributed by atoms with Gasteiger partial charge in [0.2, 0.25) is 23.6 Å². The van der Waals surface area contributed by atoms with Crippen LogP contribution in [0.25, 0.3) is 0 Å². The Labute approximate surface area is 145 Å². The minimum Gasteiger partial charge on any atom is -0.353 e. The van der Waals surface area contributed by atoms with Gasteiger partial charge in [-0.15, -0.1) is 0 Å². The molecular formula is C17H22N4O4. The van der Waals surface area contributed by atoms with Gasteiger partial charge in [-0.25, -0.2) is 0 Å². The van der Waals surface area contributed by atoms with Crippen LogP contribution in [0.1, 0.15) is 18.9 Å². The van der Waals surface area contributed by atoms with Crippen molar-refractivity contribution in [3.63, 3.8) is 0 Å². The van der Waals surface area contributed by atoms with Gasteiger partial charge < -0.3 is 21.3 Å². The van der Waals surface area contributed by atoms with Gasteiger partial charge in [0.05, 0.1) is 0 Å². The van der Waals surface area contributed by atoms with Crippen LogP contribution < -0.4 is 21.3 Å². The quantitative estimate of drug-likeness (QED) is 0.506. The summed E-state index contributed by atoms with van der Waals surface area (Å²) in [5.41, 5.74) is 0.888. The van der Waals surface area contributed by atoms with Crippen LogP contribution in [0.2, 0.25) is 0 Å². The molecule has 25 heavy (non-hydrogen) atoms. The third-order valence-corrected chi connectivity index (χ3v) is 3.75. The van der Waals surface area contributed by atoms with E-state index in [0.717, 1.165) is 5.56 Å². The lowest BCUT2D eigenvalue weighted by Crippen LogP contribution is -2.49. The minimum atomic E-state index is -0.795. The van der Waals surface area contributed by atoms with E-state index >= 15 is 0 Å². The molecule has 4 amide bonds. The summed E-state index contributed by atoms with van der Waals surface area (Å²) >= 11 is 0. The molecule has 0 spiro atoms. The summed E-state index contributed by atoms with van der Waals surface area (Å²) in [4.78, 5) is 48.1. The molecule has 8 nitrogen and oxygen atoms in total. The van der Waals surface area contributed by atoms with Crippen molar-refractivity contribution in [2.24, 2.45) is 0 Å². The Morgan fingerprint density at radius 3 is 2.16 bits per heavy atom. The molecule has 1 aromatic carbocycles. The monoisotopic (exact) mass is 346 g/mol. The third kappa shape index (κ3) is 5.91. The van der Waals surface area contributed by atoms with Gasteiger partial charge in [0.15, 0.2) is 0 Å². The number of rotatable bonds is 2. The Bertz CT molecular complexity index is 647. The standard InChI is InChI=1S/C17H22N4O4/c1-11-16(24)18-7-8-19-17(25)13(9-12-5-3-2-4-6-12)21-15(23)10-14(22)20-11/h2-6,11,13H,7-10H2,1H3,(H,18,24)(H,19,25)(H,20,22)(H,21,23)/t11-,13+/m0/s1. The van der Waals surface area contributed by atoms with Crippen molar-refractivity contribution in [1.82, 2.24) is 21.3 Å². The second-order valence-electron chi connectivity index (χ2n) is 5.86. The minimum absolute atomic E-state index is 0.229. The fourth-order valence-electron chi connectivity index (χ4n) is 2.46.